The number of alkyl halides is 2. The standard InChI is InChI=1S/C29H40Br2N4O13/c1-27(2,30)14-45-15-29(5,16-46-26(44)28(3,4)31)25(43)33-17(6-11-22(40)47-34-18(36)7-8-19(34)37)24(42)32-13-12-23(41)48-35-20(38)9-10-21(35)39/h7-10,17,36-39H,6,11-16H2,1-5H3,(H,32,42)(H,33,43). The van der Waals surface area contributed by atoms with Crippen molar-refractivity contribution in [2.24, 2.45) is 5.41 Å². The van der Waals surface area contributed by atoms with Crippen LogP contribution < -0.4 is 20.3 Å². The van der Waals surface area contributed by atoms with Gasteiger partial charge in [-0.25, -0.2) is 9.59 Å². The van der Waals surface area contributed by atoms with Gasteiger partial charge in [0.2, 0.25) is 35.3 Å². The van der Waals surface area contributed by atoms with Gasteiger partial charge < -0.3 is 50.2 Å². The number of nitrogens with one attached hydrogen (secondary N) is 2. The molecule has 2 rings (SSSR count). The Morgan fingerprint density at radius 1 is 0.771 bits per heavy atom. The van der Waals surface area contributed by atoms with Crippen molar-refractivity contribution in [1.29, 1.82) is 0 Å². The molecule has 48 heavy (non-hydrogen) atoms. The SMILES string of the molecule is CC(C)(Br)COCC(C)(COC(=O)C(C)(C)Br)C(=O)NC(CCC(=O)On1c(O)ccc1O)C(=O)NCCC(=O)On1c(O)ccc1O. The van der Waals surface area contributed by atoms with Gasteiger partial charge in [-0.15, -0.1) is 9.46 Å². The molecular formula is C29H40Br2N4O13. The number of aromatic nitrogens is 2. The molecule has 0 aliphatic carbocycles. The number of hydrogen-bond donors (Lipinski definition) is 6. The highest BCUT2D eigenvalue weighted by Gasteiger charge is 2.39. The zero-order chi connectivity index (χ0) is 36.4. The van der Waals surface area contributed by atoms with E-state index in [0.717, 1.165) is 24.3 Å². The minimum Gasteiger partial charge on any atom is -0.492 e. The number of carbonyl (C=O) groups is 5. The molecule has 0 aliphatic heterocycles. The molecule has 0 saturated carbocycles. The molecule has 19 heteroatoms. The van der Waals surface area contributed by atoms with Crippen LogP contribution in [-0.4, -0.2) is 101 Å². The van der Waals surface area contributed by atoms with Crippen LogP contribution in [0.3, 0.4) is 0 Å². The van der Waals surface area contributed by atoms with E-state index in [2.05, 4.69) is 42.5 Å². The van der Waals surface area contributed by atoms with Crippen LogP contribution in [-0.2, 0) is 33.4 Å². The second-order valence-corrected chi connectivity index (χ2v) is 16.2. The Morgan fingerprint density at radius 2 is 1.25 bits per heavy atom. The van der Waals surface area contributed by atoms with Crippen molar-refractivity contribution in [2.75, 3.05) is 26.4 Å². The Kier molecular flexibility index (Phi) is 14.2. The molecule has 0 aromatic carbocycles. The number of halogens is 2. The van der Waals surface area contributed by atoms with Gasteiger partial charge in [0, 0.05) is 35.1 Å². The second kappa shape index (κ2) is 16.9. The fraction of sp³-hybridized carbons (Fsp3) is 0.552. The summed E-state index contributed by atoms with van der Waals surface area (Å²) in [5, 5.41) is 43.8. The highest BCUT2D eigenvalue weighted by atomic mass is 79.9. The van der Waals surface area contributed by atoms with Crippen LogP contribution >= 0.6 is 31.9 Å². The topological polar surface area (TPSA) is 237 Å². The maximum absolute atomic E-state index is 13.7. The lowest BCUT2D eigenvalue weighted by molar-refractivity contribution is -0.156. The first kappa shape index (κ1) is 40.2. The average Bonchev–Trinajstić information content (AvgIpc) is 3.46. The molecule has 0 fully saturated rings. The van der Waals surface area contributed by atoms with Gasteiger partial charge in [-0.2, -0.15) is 0 Å². The van der Waals surface area contributed by atoms with E-state index in [1.54, 1.807) is 13.8 Å². The number of rotatable bonds is 18. The Balaban J connectivity index is 2.20. The van der Waals surface area contributed by atoms with Gasteiger partial charge in [0.1, 0.15) is 22.4 Å². The number of nitrogens with zero attached hydrogens (tertiary/aromatic N) is 2. The van der Waals surface area contributed by atoms with Gasteiger partial charge in [0.25, 0.3) is 0 Å². The third kappa shape index (κ3) is 12.6. The minimum atomic E-state index is -1.53. The lowest BCUT2D eigenvalue weighted by atomic mass is 9.90. The fourth-order valence-electron chi connectivity index (χ4n) is 3.65. The molecule has 0 radical (unpaired) electrons. The summed E-state index contributed by atoms with van der Waals surface area (Å²) in [5.74, 6) is -6.42. The number of aromatic hydroxyl groups is 4. The highest BCUT2D eigenvalue weighted by Crippen LogP contribution is 2.25. The molecule has 2 aromatic heterocycles. The first-order valence-electron chi connectivity index (χ1n) is 14.5. The molecule has 2 aromatic rings. The van der Waals surface area contributed by atoms with Crippen molar-refractivity contribution in [2.45, 2.75) is 68.6 Å². The predicted octanol–water partition coefficient (Wildman–Crippen LogP) is 1.41. The zero-order valence-corrected chi connectivity index (χ0v) is 30.1. The van der Waals surface area contributed by atoms with E-state index in [1.807, 2.05) is 13.8 Å². The molecule has 17 nitrogen and oxygen atoms in total. The first-order valence-corrected chi connectivity index (χ1v) is 16.0. The minimum absolute atomic E-state index is 0.164. The molecule has 6 N–H and O–H groups in total. The van der Waals surface area contributed by atoms with Gasteiger partial charge in [0.05, 0.1) is 26.1 Å². The largest absolute Gasteiger partial charge is 0.492 e. The van der Waals surface area contributed by atoms with Gasteiger partial charge in [-0.3, -0.25) is 14.4 Å². The number of carbonyl (C=O) groups excluding carboxylic acids is 5. The summed E-state index contributed by atoms with van der Waals surface area (Å²) < 4.78 is 10.6. The predicted molar refractivity (Wildman–Crippen MR) is 173 cm³/mol. The van der Waals surface area contributed by atoms with Crippen molar-refractivity contribution in [1.82, 2.24) is 20.1 Å². The Labute approximate surface area is 292 Å². The third-order valence-corrected chi connectivity index (χ3v) is 6.84. The fourth-order valence-corrected chi connectivity index (χ4v) is 3.92. The van der Waals surface area contributed by atoms with E-state index in [4.69, 9.17) is 19.1 Å². The van der Waals surface area contributed by atoms with Gasteiger partial charge >= 0.3 is 17.9 Å². The highest BCUT2D eigenvalue weighted by molar-refractivity contribution is 9.10. The second-order valence-electron chi connectivity index (χ2n) is 12.0. The van der Waals surface area contributed by atoms with E-state index >= 15 is 0 Å². The summed E-state index contributed by atoms with van der Waals surface area (Å²) in [6, 6.07) is 2.91. The van der Waals surface area contributed by atoms with Crippen LogP contribution in [0.4, 0.5) is 0 Å². The maximum atomic E-state index is 13.7. The van der Waals surface area contributed by atoms with Crippen LogP contribution in [0, 0.1) is 5.41 Å². The lowest BCUT2D eigenvalue weighted by Crippen LogP contribution is -2.54. The van der Waals surface area contributed by atoms with Crippen molar-refractivity contribution in [3.05, 3.63) is 24.3 Å². The molecule has 2 amide bonds. The van der Waals surface area contributed by atoms with E-state index in [0.29, 0.717) is 9.46 Å². The summed E-state index contributed by atoms with van der Waals surface area (Å²) in [6.07, 6.45) is -1.28. The molecule has 0 saturated heterocycles. The lowest BCUT2D eigenvalue weighted by Gasteiger charge is -2.31. The molecule has 268 valence electrons. The normalized spacial score (nSPS) is 13.6. The number of amides is 2. The summed E-state index contributed by atoms with van der Waals surface area (Å²) in [7, 11) is 0. The van der Waals surface area contributed by atoms with E-state index in [1.165, 1.54) is 6.92 Å². The molecule has 0 aliphatic rings. The average molecular weight is 812 g/mol. The van der Waals surface area contributed by atoms with Crippen LogP contribution in [0.1, 0.15) is 53.9 Å². The number of hydrogen-bond acceptors (Lipinski definition) is 13. The molecular weight excluding hydrogens is 772 g/mol. The number of esters is 1. The first-order chi connectivity index (χ1) is 22.1. The monoisotopic (exact) mass is 810 g/mol. The van der Waals surface area contributed by atoms with Gasteiger partial charge in [0.15, 0.2) is 0 Å². The van der Waals surface area contributed by atoms with Crippen LogP contribution in [0.2, 0.25) is 0 Å². The van der Waals surface area contributed by atoms with Crippen molar-refractivity contribution >= 4 is 61.6 Å². The maximum Gasteiger partial charge on any atom is 0.334 e. The van der Waals surface area contributed by atoms with E-state index < -0.39 is 92.8 Å². The third-order valence-electron chi connectivity index (χ3n) is 6.29. The molecule has 2 atom stereocenters. The molecule has 2 heterocycles. The van der Waals surface area contributed by atoms with E-state index in [9.17, 15) is 44.4 Å². The van der Waals surface area contributed by atoms with Crippen molar-refractivity contribution in [3.8, 4) is 23.5 Å². The van der Waals surface area contributed by atoms with Crippen molar-refractivity contribution < 1.29 is 63.5 Å². The number of ether oxygens (including phenoxy) is 2. The molecule has 2 unspecified atom stereocenters. The van der Waals surface area contributed by atoms with Crippen LogP contribution in [0.5, 0.6) is 23.5 Å². The zero-order valence-electron chi connectivity index (χ0n) is 26.9. The molecule has 0 bridgehead atoms. The Bertz CT molecular complexity index is 1420. The quantitative estimate of drug-likeness (QED) is 0.0924. The van der Waals surface area contributed by atoms with E-state index in [-0.39, 0.29) is 26.2 Å². The van der Waals surface area contributed by atoms with Gasteiger partial charge in [-0.1, -0.05) is 31.9 Å². The van der Waals surface area contributed by atoms with Crippen molar-refractivity contribution in [3.63, 3.8) is 0 Å². The summed E-state index contributed by atoms with van der Waals surface area (Å²) >= 11 is 6.65. The van der Waals surface area contributed by atoms with Crippen LogP contribution in [0.25, 0.3) is 0 Å². The Morgan fingerprint density at radius 3 is 1.71 bits per heavy atom. The smallest absolute Gasteiger partial charge is 0.334 e. The summed E-state index contributed by atoms with van der Waals surface area (Å²) in [5.41, 5.74) is -1.53. The van der Waals surface area contributed by atoms with Gasteiger partial charge in [-0.05, 0) is 41.0 Å². The van der Waals surface area contributed by atoms with Crippen LogP contribution in [0.15, 0.2) is 24.3 Å². The summed E-state index contributed by atoms with van der Waals surface area (Å²) in [4.78, 5) is 74.0. The molecule has 0 spiro atoms. The Hall–Kier alpha value is -3.97. The summed E-state index contributed by atoms with van der Waals surface area (Å²) in [6.45, 7) is 7.42.